The van der Waals surface area contributed by atoms with Crippen molar-refractivity contribution < 1.29 is 19.1 Å². The molecular weight excluding hydrogens is 234 g/mol. The zero-order valence-corrected chi connectivity index (χ0v) is 9.77. The summed E-state index contributed by atoms with van der Waals surface area (Å²) < 4.78 is 10.7. The van der Waals surface area contributed by atoms with Crippen LogP contribution in [0.5, 0.6) is 11.5 Å². The number of Topliss-reactive ketones (excluding diaryl/α,β-unsaturated/α-hetero) is 1. The topological polar surface area (TPSA) is 64.6 Å². The van der Waals surface area contributed by atoms with Gasteiger partial charge < -0.3 is 14.8 Å². The van der Waals surface area contributed by atoms with Crippen molar-refractivity contribution in [2.24, 2.45) is 0 Å². The molecule has 2 aliphatic rings. The molecule has 5 heteroatoms. The summed E-state index contributed by atoms with van der Waals surface area (Å²) in [5, 5.41) is 2.67. The fraction of sp³-hybridized carbons (Fsp3) is 0.385. The predicted octanol–water partition coefficient (Wildman–Crippen LogP) is 0.919. The van der Waals surface area contributed by atoms with Crippen LogP contribution < -0.4 is 14.8 Å². The Bertz CT molecular complexity index is 508. The van der Waals surface area contributed by atoms with Gasteiger partial charge >= 0.3 is 0 Å². The molecule has 3 rings (SSSR count). The van der Waals surface area contributed by atoms with Crippen molar-refractivity contribution in [3.8, 4) is 11.5 Å². The molecule has 0 radical (unpaired) electrons. The lowest BCUT2D eigenvalue weighted by atomic mass is 10.1. The third-order valence-corrected chi connectivity index (χ3v) is 2.92. The Morgan fingerprint density at radius 2 is 1.83 bits per heavy atom. The molecule has 0 spiro atoms. The SMILES string of the molecule is O=C(NC1CC1)C(=O)c1ccc2c(c1)OCCO2. The minimum atomic E-state index is -0.547. The van der Waals surface area contributed by atoms with E-state index in [9.17, 15) is 9.59 Å². The molecule has 5 nitrogen and oxygen atoms in total. The molecule has 0 bridgehead atoms. The minimum Gasteiger partial charge on any atom is -0.486 e. The van der Waals surface area contributed by atoms with Gasteiger partial charge in [0.15, 0.2) is 11.5 Å². The largest absolute Gasteiger partial charge is 0.486 e. The van der Waals surface area contributed by atoms with Gasteiger partial charge in [0.05, 0.1) is 0 Å². The fourth-order valence-corrected chi connectivity index (χ4v) is 1.79. The summed E-state index contributed by atoms with van der Waals surface area (Å²) in [6.45, 7) is 0.960. The Balaban J connectivity index is 1.78. The van der Waals surface area contributed by atoms with Gasteiger partial charge in [0, 0.05) is 11.6 Å². The molecule has 1 aliphatic carbocycles. The van der Waals surface area contributed by atoms with Crippen molar-refractivity contribution in [3.63, 3.8) is 0 Å². The molecule has 1 aromatic carbocycles. The van der Waals surface area contributed by atoms with Crippen LogP contribution in [0.3, 0.4) is 0 Å². The first-order valence-electron chi connectivity index (χ1n) is 5.99. The van der Waals surface area contributed by atoms with Gasteiger partial charge in [-0.1, -0.05) is 0 Å². The number of fused-ring (bicyclic) bond motifs is 1. The standard InChI is InChI=1S/C13H13NO4/c15-12(13(16)14-9-2-3-9)8-1-4-10-11(7-8)18-6-5-17-10/h1,4,7,9H,2-3,5-6H2,(H,14,16). The molecule has 1 amide bonds. The number of hydrogen-bond acceptors (Lipinski definition) is 4. The van der Waals surface area contributed by atoms with E-state index >= 15 is 0 Å². The van der Waals surface area contributed by atoms with Gasteiger partial charge in [-0.15, -0.1) is 0 Å². The zero-order valence-electron chi connectivity index (χ0n) is 9.77. The number of ether oxygens (including phenoxy) is 2. The second-order valence-corrected chi connectivity index (χ2v) is 4.44. The fourth-order valence-electron chi connectivity index (χ4n) is 1.79. The van der Waals surface area contributed by atoms with E-state index in [1.165, 1.54) is 0 Å². The van der Waals surface area contributed by atoms with Crippen molar-refractivity contribution in [1.29, 1.82) is 0 Å². The number of carbonyl (C=O) groups is 2. The molecule has 18 heavy (non-hydrogen) atoms. The van der Waals surface area contributed by atoms with Crippen LogP contribution in [0.15, 0.2) is 18.2 Å². The van der Waals surface area contributed by atoms with Gasteiger partial charge in [0.2, 0.25) is 5.78 Å². The maximum Gasteiger partial charge on any atom is 0.292 e. The summed E-state index contributed by atoms with van der Waals surface area (Å²) in [4.78, 5) is 23.5. The average Bonchev–Trinajstić information content (AvgIpc) is 3.21. The number of rotatable bonds is 3. The van der Waals surface area contributed by atoms with Crippen LogP contribution in [-0.2, 0) is 4.79 Å². The smallest absolute Gasteiger partial charge is 0.292 e. The average molecular weight is 247 g/mol. The first-order valence-corrected chi connectivity index (χ1v) is 5.99. The maximum absolute atomic E-state index is 11.9. The summed E-state index contributed by atoms with van der Waals surface area (Å²) in [5.74, 6) is 0.0553. The van der Waals surface area contributed by atoms with Crippen LogP contribution in [0.1, 0.15) is 23.2 Å². The number of amides is 1. The molecule has 94 valence electrons. The summed E-state index contributed by atoms with van der Waals surface area (Å²) in [6.07, 6.45) is 1.92. The number of benzene rings is 1. The monoisotopic (exact) mass is 247 g/mol. The highest BCUT2D eigenvalue weighted by Gasteiger charge is 2.27. The third kappa shape index (κ3) is 2.16. The quantitative estimate of drug-likeness (QED) is 0.637. The predicted molar refractivity (Wildman–Crippen MR) is 62.9 cm³/mol. The van der Waals surface area contributed by atoms with Gasteiger partial charge in [-0.05, 0) is 31.0 Å². The van der Waals surface area contributed by atoms with Crippen LogP contribution in [-0.4, -0.2) is 30.9 Å². The van der Waals surface area contributed by atoms with Gasteiger partial charge in [0.1, 0.15) is 13.2 Å². The van der Waals surface area contributed by atoms with Crippen LogP contribution in [0.4, 0.5) is 0 Å². The van der Waals surface area contributed by atoms with Crippen LogP contribution in [0.2, 0.25) is 0 Å². The number of ketones is 1. The molecule has 1 fully saturated rings. The zero-order chi connectivity index (χ0) is 12.5. The lowest BCUT2D eigenvalue weighted by molar-refractivity contribution is -0.117. The van der Waals surface area contributed by atoms with Crippen LogP contribution in [0, 0.1) is 0 Å². The molecule has 1 aliphatic heterocycles. The molecule has 0 unspecified atom stereocenters. The summed E-state index contributed by atoms with van der Waals surface area (Å²) >= 11 is 0. The van der Waals surface area contributed by atoms with Crippen molar-refractivity contribution in [3.05, 3.63) is 23.8 Å². The van der Waals surface area contributed by atoms with Crippen LogP contribution >= 0.6 is 0 Å². The Kier molecular flexibility index (Phi) is 2.66. The van der Waals surface area contributed by atoms with E-state index < -0.39 is 11.7 Å². The third-order valence-electron chi connectivity index (χ3n) is 2.92. The molecule has 1 heterocycles. The van der Waals surface area contributed by atoms with E-state index in [2.05, 4.69) is 5.32 Å². The first kappa shape index (κ1) is 11.1. The molecule has 1 N–H and O–H groups in total. The van der Waals surface area contributed by atoms with E-state index in [0.29, 0.717) is 30.3 Å². The highest BCUT2D eigenvalue weighted by atomic mass is 16.6. The van der Waals surface area contributed by atoms with Crippen molar-refractivity contribution in [2.75, 3.05) is 13.2 Å². The van der Waals surface area contributed by atoms with E-state index in [0.717, 1.165) is 12.8 Å². The minimum absolute atomic E-state index is 0.179. The Morgan fingerprint density at radius 3 is 2.56 bits per heavy atom. The van der Waals surface area contributed by atoms with Gasteiger partial charge in [-0.3, -0.25) is 9.59 Å². The van der Waals surface area contributed by atoms with Gasteiger partial charge in [-0.2, -0.15) is 0 Å². The van der Waals surface area contributed by atoms with E-state index in [1.54, 1.807) is 18.2 Å². The number of nitrogens with one attached hydrogen (secondary N) is 1. The van der Waals surface area contributed by atoms with Crippen LogP contribution in [0.25, 0.3) is 0 Å². The van der Waals surface area contributed by atoms with Gasteiger partial charge in [-0.25, -0.2) is 0 Å². The van der Waals surface area contributed by atoms with Crippen molar-refractivity contribution in [1.82, 2.24) is 5.32 Å². The molecule has 0 atom stereocenters. The number of hydrogen-bond donors (Lipinski definition) is 1. The van der Waals surface area contributed by atoms with E-state index in [4.69, 9.17) is 9.47 Å². The number of carbonyl (C=O) groups excluding carboxylic acids is 2. The Labute approximate surface area is 104 Å². The molecule has 0 aromatic heterocycles. The summed E-state index contributed by atoms with van der Waals surface area (Å²) in [6, 6.07) is 4.98. The van der Waals surface area contributed by atoms with Crippen molar-refractivity contribution >= 4 is 11.7 Å². The summed E-state index contributed by atoms with van der Waals surface area (Å²) in [5.41, 5.74) is 0.331. The first-order chi connectivity index (χ1) is 8.74. The maximum atomic E-state index is 11.9. The lowest BCUT2D eigenvalue weighted by Gasteiger charge is -2.18. The second kappa shape index (κ2) is 4.33. The highest BCUT2D eigenvalue weighted by molar-refractivity contribution is 6.43. The molecule has 0 saturated heterocycles. The second-order valence-electron chi connectivity index (χ2n) is 4.44. The van der Waals surface area contributed by atoms with E-state index in [-0.39, 0.29) is 6.04 Å². The van der Waals surface area contributed by atoms with Gasteiger partial charge in [0.25, 0.3) is 5.91 Å². The Hall–Kier alpha value is -2.04. The molecule has 1 saturated carbocycles. The van der Waals surface area contributed by atoms with Crippen molar-refractivity contribution in [2.45, 2.75) is 18.9 Å². The highest BCUT2D eigenvalue weighted by Crippen LogP contribution is 2.30. The van der Waals surface area contributed by atoms with E-state index in [1.807, 2.05) is 0 Å². The molecular formula is C13H13NO4. The Morgan fingerprint density at radius 1 is 1.11 bits per heavy atom. The normalized spacial score (nSPS) is 17.1. The molecule has 1 aromatic rings. The summed E-state index contributed by atoms with van der Waals surface area (Å²) in [7, 11) is 0. The lowest BCUT2D eigenvalue weighted by Crippen LogP contribution is -2.32.